The summed E-state index contributed by atoms with van der Waals surface area (Å²) in [6.45, 7) is 0. The molecule has 1 aliphatic carbocycles. The third-order valence-corrected chi connectivity index (χ3v) is 1.85. The third-order valence-electron chi connectivity index (χ3n) is 1.85. The van der Waals surface area contributed by atoms with Gasteiger partial charge in [-0.25, -0.2) is 0 Å². The SMILES string of the molecule is N=C1C(O)=Cc2ccc(O)cc21. The number of rotatable bonds is 0. The number of phenolic OH excluding ortho intramolecular Hbond substituents is 1. The summed E-state index contributed by atoms with van der Waals surface area (Å²) < 4.78 is 0. The fraction of sp³-hybridized carbons (Fsp3) is 0. The molecule has 1 aromatic rings. The maximum atomic E-state index is 9.16. The highest BCUT2D eigenvalue weighted by molar-refractivity contribution is 6.17. The molecule has 1 aliphatic rings. The van der Waals surface area contributed by atoms with Crippen LogP contribution < -0.4 is 0 Å². The molecule has 0 heterocycles. The van der Waals surface area contributed by atoms with Gasteiger partial charge >= 0.3 is 0 Å². The first-order valence-corrected chi connectivity index (χ1v) is 3.51. The second-order valence-corrected chi connectivity index (χ2v) is 2.68. The van der Waals surface area contributed by atoms with Crippen LogP contribution in [0.3, 0.4) is 0 Å². The minimum absolute atomic E-state index is 0.0457. The number of aromatic hydroxyl groups is 1. The van der Waals surface area contributed by atoms with E-state index in [0.717, 1.165) is 5.56 Å². The minimum Gasteiger partial charge on any atom is -0.508 e. The lowest BCUT2D eigenvalue weighted by molar-refractivity contribution is 0.449. The van der Waals surface area contributed by atoms with Gasteiger partial charge in [-0.2, -0.15) is 0 Å². The molecule has 0 atom stereocenters. The molecule has 3 heteroatoms. The first kappa shape index (κ1) is 6.91. The van der Waals surface area contributed by atoms with E-state index in [4.69, 9.17) is 15.6 Å². The van der Waals surface area contributed by atoms with E-state index >= 15 is 0 Å². The molecule has 1 aromatic carbocycles. The van der Waals surface area contributed by atoms with Gasteiger partial charge in [-0.1, -0.05) is 6.07 Å². The fourth-order valence-corrected chi connectivity index (χ4v) is 1.24. The van der Waals surface area contributed by atoms with Gasteiger partial charge in [0.15, 0.2) is 0 Å². The van der Waals surface area contributed by atoms with Gasteiger partial charge in [-0.15, -0.1) is 0 Å². The number of hydrogen-bond donors (Lipinski definition) is 3. The summed E-state index contributed by atoms with van der Waals surface area (Å²) in [5.74, 6) is 0.0669. The van der Waals surface area contributed by atoms with Crippen molar-refractivity contribution in [1.82, 2.24) is 0 Å². The Balaban J connectivity index is 2.65. The van der Waals surface area contributed by atoms with Crippen molar-refractivity contribution in [3.8, 4) is 5.75 Å². The molecule has 0 aliphatic heterocycles. The molecular formula is C9H7NO2. The van der Waals surface area contributed by atoms with E-state index in [-0.39, 0.29) is 17.2 Å². The first-order valence-electron chi connectivity index (χ1n) is 3.51. The normalized spacial score (nSPS) is 14.3. The monoisotopic (exact) mass is 161 g/mol. The Hall–Kier alpha value is -1.77. The number of nitrogens with one attached hydrogen (secondary N) is 1. The third kappa shape index (κ3) is 0.797. The van der Waals surface area contributed by atoms with Crippen molar-refractivity contribution in [3.05, 3.63) is 35.1 Å². The second-order valence-electron chi connectivity index (χ2n) is 2.68. The van der Waals surface area contributed by atoms with Crippen LogP contribution in [0.1, 0.15) is 11.1 Å². The number of allylic oxidation sites excluding steroid dienone is 1. The predicted molar refractivity (Wildman–Crippen MR) is 45.5 cm³/mol. The Labute approximate surface area is 69.1 Å². The number of benzene rings is 1. The van der Waals surface area contributed by atoms with E-state index in [1.54, 1.807) is 6.07 Å². The lowest BCUT2D eigenvalue weighted by Gasteiger charge is -1.98. The van der Waals surface area contributed by atoms with E-state index in [1.807, 2.05) is 0 Å². The zero-order valence-corrected chi connectivity index (χ0v) is 6.20. The molecule has 0 saturated heterocycles. The number of hydrogen-bond acceptors (Lipinski definition) is 3. The Morgan fingerprint density at radius 3 is 2.67 bits per heavy atom. The van der Waals surface area contributed by atoms with Crippen LogP contribution in [0.5, 0.6) is 5.75 Å². The van der Waals surface area contributed by atoms with Crippen molar-refractivity contribution in [2.75, 3.05) is 0 Å². The molecule has 0 saturated carbocycles. The maximum Gasteiger partial charge on any atom is 0.141 e. The van der Waals surface area contributed by atoms with Crippen LogP contribution in [-0.4, -0.2) is 15.9 Å². The zero-order valence-electron chi connectivity index (χ0n) is 6.20. The number of fused-ring (bicyclic) bond motifs is 1. The van der Waals surface area contributed by atoms with Crippen LogP contribution in [0.15, 0.2) is 24.0 Å². The van der Waals surface area contributed by atoms with Gasteiger partial charge in [0.05, 0.1) is 0 Å². The second kappa shape index (κ2) is 2.11. The Morgan fingerprint density at radius 2 is 1.92 bits per heavy atom. The zero-order chi connectivity index (χ0) is 8.72. The van der Waals surface area contributed by atoms with E-state index in [2.05, 4.69) is 0 Å². The van der Waals surface area contributed by atoms with Gasteiger partial charge in [0.25, 0.3) is 0 Å². The number of aliphatic hydroxyl groups excluding tert-OH is 1. The summed E-state index contributed by atoms with van der Waals surface area (Å²) in [7, 11) is 0. The molecule has 0 bridgehead atoms. The Kier molecular flexibility index (Phi) is 1.21. The number of phenols is 1. The van der Waals surface area contributed by atoms with Crippen molar-refractivity contribution < 1.29 is 10.2 Å². The predicted octanol–water partition coefficient (Wildman–Crippen LogP) is 1.67. The Morgan fingerprint density at radius 1 is 1.17 bits per heavy atom. The van der Waals surface area contributed by atoms with Gasteiger partial charge < -0.3 is 10.2 Å². The van der Waals surface area contributed by atoms with Crippen molar-refractivity contribution >= 4 is 11.8 Å². The smallest absolute Gasteiger partial charge is 0.141 e. The van der Waals surface area contributed by atoms with E-state index < -0.39 is 0 Å². The Bertz CT molecular complexity index is 394. The van der Waals surface area contributed by atoms with E-state index in [0.29, 0.717) is 5.56 Å². The average Bonchev–Trinajstić information content (AvgIpc) is 2.31. The summed E-state index contributed by atoms with van der Waals surface area (Å²) in [4.78, 5) is 0. The highest BCUT2D eigenvalue weighted by Crippen LogP contribution is 2.26. The summed E-state index contributed by atoms with van der Waals surface area (Å²) in [6, 6.07) is 4.67. The summed E-state index contributed by atoms with van der Waals surface area (Å²) in [5.41, 5.74) is 1.42. The van der Waals surface area contributed by atoms with Crippen molar-refractivity contribution in [2.24, 2.45) is 0 Å². The number of aliphatic hydroxyl groups is 1. The van der Waals surface area contributed by atoms with Crippen LogP contribution in [-0.2, 0) is 0 Å². The highest BCUT2D eigenvalue weighted by Gasteiger charge is 2.17. The van der Waals surface area contributed by atoms with Gasteiger partial charge in [0.1, 0.15) is 17.2 Å². The van der Waals surface area contributed by atoms with Crippen LogP contribution in [0, 0.1) is 5.41 Å². The van der Waals surface area contributed by atoms with Gasteiger partial charge in [-0.05, 0) is 23.8 Å². The molecule has 0 aromatic heterocycles. The largest absolute Gasteiger partial charge is 0.508 e. The topological polar surface area (TPSA) is 64.3 Å². The van der Waals surface area contributed by atoms with E-state index in [9.17, 15) is 0 Å². The maximum absolute atomic E-state index is 9.16. The van der Waals surface area contributed by atoms with Gasteiger partial charge in [0.2, 0.25) is 0 Å². The minimum atomic E-state index is -0.0457. The molecule has 0 unspecified atom stereocenters. The van der Waals surface area contributed by atoms with Crippen LogP contribution in [0.4, 0.5) is 0 Å². The van der Waals surface area contributed by atoms with Crippen molar-refractivity contribution in [1.29, 1.82) is 5.41 Å². The average molecular weight is 161 g/mol. The van der Waals surface area contributed by atoms with Crippen LogP contribution in [0.2, 0.25) is 0 Å². The molecule has 60 valence electrons. The fourth-order valence-electron chi connectivity index (χ4n) is 1.24. The molecule has 0 amide bonds. The first-order chi connectivity index (χ1) is 5.68. The molecule has 2 rings (SSSR count). The van der Waals surface area contributed by atoms with Gasteiger partial charge in [-0.3, -0.25) is 5.41 Å². The summed E-state index contributed by atoms with van der Waals surface area (Å²) in [6.07, 6.45) is 1.51. The summed E-state index contributed by atoms with van der Waals surface area (Å²) in [5, 5.41) is 25.7. The molecule has 0 radical (unpaired) electrons. The molecule has 12 heavy (non-hydrogen) atoms. The lowest BCUT2D eigenvalue weighted by Crippen LogP contribution is -1.96. The standard InChI is InChI=1S/C9H7NO2/c10-9-7-4-6(11)2-1-5(7)3-8(9)12/h1-4,11H,(H2,10,12). The van der Waals surface area contributed by atoms with Crippen LogP contribution >= 0.6 is 0 Å². The highest BCUT2D eigenvalue weighted by atomic mass is 16.3. The molecule has 3 nitrogen and oxygen atoms in total. The molecular weight excluding hydrogens is 154 g/mol. The van der Waals surface area contributed by atoms with E-state index in [1.165, 1.54) is 18.2 Å². The quantitative estimate of drug-likeness (QED) is 0.542. The van der Waals surface area contributed by atoms with Crippen LogP contribution in [0.25, 0.3) is 6.08 Å². The summed E-state index contributed by atoms with van der Waals surface area (Å²) >= 11 is 0. The molecule has 0 fully saturated rings. The molecule has 0 spiro atoms. The van der Waals surface area contributed by atoms with Crippen molar-refractivity contribution in [2.45, 2.75) is 0 Å². The van der Waals surface area contributed by atoms with Gasteiger partial charge in [0, 0.05) is 5.56 Å². The molecule has 3 N–H and O–H groups in total. The van der Waals surface area contributed by atoms with Crippen molar-refractivity contribution in [3.63, 3.8) is 0 Å². The lowest BCUT2D eigenvalue weighted by atomic mass is 10.1.